The first-order chi connectivity index (χ1) is 4.00. The molecular formula is C4H11NaO4S. The van der Waals surface area contributed by atoms with Gasteiger partial charge in [-0.1, -0.05) is 6.92 Å². The fourth-order valence-electron chi connectivity index (χ4n) is 0. The molecule has 0 atom stereocenters. The summed E-state index contributed by atoms with van der Waals surface area (Å²) >= 11 is -2.61. The van der Waals surface area contributed by atoms with Gasteiger partial charge in [-0.05, 0) is 6.92 Å². The normalized spacial score (nSPS) is 7.30. The van der Waals surface area contributed by atoms with Crippen LogP contribution in [0.4, 0.5) is 0 Å². The second-order valence-corrected chi connectivity index (χ2v) is 1.75. The third kappa shape index (κ3) is 69.7. The molecule has 0 fully saturated rings. The Hall–Kier alpha value is 0.740. The van der Waals surface area contributed by atoms with Gasteiger partial charge in [-0.15, -0.1) is 0 Å². The molecule has 0 aromatic rings. The third-order valence-corrected chi connectivity index (χ3v) is 0.498. The van der Waals surface area contributed by atoms with E-state index in [1.807, 2.05) is 6.92 Å². The molecule has 0 aliphatic heterocycles. The first-order valence-electron chi connectivity index (χ1n) is 2.30. The predicted octanol–water partition coefficient (Wildman–Crippen LogP) is 0.0180. The van der Waals surface area contributed by atoms with E-state index < -0.39 is 11.4 Å². The van der Waals surface area contributed by atoms with Crippen molar-refractivity contribution < 1.29 is 18.1 Å². The number of hydrogen-bond donors (Lipinski definition) is 2. The average Bonchev–Trinajstić information content (AvgIpc) is 1.65. The van der Waals surface area contributed by atoms with E-state index in [9.17, 15) is 4.79 Å². The van der Waals surface area contributed by atoms with E-state index in [2.05, 4.69) is 0 Å². The van der Waals surface area contributed by atoms with Gasteiger partial charge in [0.05, 0.1) is 0 Å². The van der Waals surface area contributed by atoms with Crippen LogP contribution in [0.1, 0.15) is 20.3 Å². The molecule has 0 saturated carbocycles. The Morgan fingerprint density at radius 3 is 1.60 bits per heavy atom. The summed E-state index contributed by atoms with van der Waals surface area (Å²) in [5, 5.41) is 0. The van der Waals surface area contributed by atoms with Crippen LogP contribution < -0.4 is 0 Å². The van der Waals surface area contributed by atoms with E-state index in [1.165, 1.54) is 0 Å². The van der Waals surface area contributed by atoms with Gasteiger partial charge in [0.2, 0.25) is 0 Å². The maximum absolute atomic E-state index is 9.81. The molecule has 6 heteroatoms. The molecule has 0 heterocycles. The molecule has 0 aromatic heterocycles. The first-order valence-corrected chi connectivity index (χ1v) is 3.36. The molecule has 58 valence electrons. The molecule has 0 saturated heterocycles. The number of carbonyl (C=O) groups excluding carboxylic acids is 1. The molecule has 0 radical (unpaired) electrons. The summed E-state index contributed by atoms with van der Waals surface area (Å²) in [7, 11) is 0. The van der Waals surface area contributed by atoms with Gasteiger partial charge in [0.1, 0.15) is 5.78 Å². The van der Waals surface area contributed by atoms with Crippen molar-refractivity contribution in [2.45, 2.75) is 20.3 Å². The van der Waals surface area contributed by atoms with Crippen molar-refractivity contribution in [3.05, 3.63) is 0 Å². The topological polar surface area (TPSA) is 74.6 Å². The molecule has 0 bridgehead atoms. The molecule has 0 rings (SSSR count). The first kappa shape index (κ1) is 17.0. The van der Waals surface area contributed by atoms with Crippen LogP contribution >= 0.6 is 0 Å². The molecule has 0 unspecified atom stereocenters. The monoisotopic (exact) mass is 178 g/mol. The van der Waals surface area contributed by atoms with Gasteiger partial charge in [-0.25, -0.2) is 0 Å². The van der Waals surface area contributed by atoms with Crippen molar-refractivity contribution in [1.29, 1.82) is 0 Å². The van der Waals surface area contributed by atoms with E-state index in [-0.39, 0.29) is 35.3 Å². The van der Waals surface area contributed by atoms with Crippen LogP contribution in [0.5, 0.6) is 0 Å². The van der Waals surface area contributed by atoms with E-state index in [0.717, 1.165) is 0 Å². The van der Waals surface area contributed by atoms with Crippen molar-refractivity contribution in [1.82, 2.24) is 0 Å². The van der Waals surface area contributed by atoms with Crippen LogP contribution in [-0.2, 0) is 16.2 Å². The van der Waals surface area contributed by atoms with Crippen molar-refractivity contribution >= 4 is 46.7 Å². The van der Waals surface area contributed by atoms with E-state index in [1.54, 1.807) is 6.92 Å². The van der Waals surface area contributed by atoms with Gasteiger partial charge in [-0.2, -0.15) is 4.21 Å². The van der Waals surface area contributed by atoms with E-state index in [0.29, 0.717) is 6.42 Å². The van der Waals surface area contributed by atoms with Crippen molar-refractivity contribution in [2.75, 3.05) is 0 Å². The molecule has 2 N–H and O–H groups in total. The fourth-order valence-corrected chi connectivity index (χ4v) is 0. The van der Waals surface area contributed by atoms with Gasteiger partial charge >= 0.3 is 29.6 Å². The van der Waals surface area contributed by atoms with Gasteiger partial charge < -0.3 is 4.79 Å². The summed E-state index contributed by atoms with van der Waals surface area (Å²) in [6.07, 6.45) is 0.667. The minimum absolute atomic E-state index is 0. The zero-order valence-electron chi connectivity index (χ0n) is 5.33. The molecule has 0 aliphatic rings. The minimum atomic E-state index is -2.61. The Morgan fingerprint density at radius 1 is 1.50 bits per heavy atom. The third-order valence-electron chi connectivity index (χ3n) is 0.498. The van der Waals surface area contributed by atoms with Crippen LogP contribution in [0.3, 0.4) is 0 Å². The van der Waals surface area contributed by atoms with Gasteiger partial charge in [-0.3, -0.25) is 9.11 Å². The molecule has 0 aliphatic carbocycles. The molecule has 4 nitrogen and oxygen atoms in total. The number of Topliss-reactive ketones (excluding diaryl/α,β-unsaturated/α-hetero) is 1. The van der Waals surface area contributed by atoms with E-state index in [4.69, 9.17) is 13.3 Å². The molecule has 0 amide bonds. The van der Waals surface area contributed by atoms with Crippen LogP contribution in [-0.4, -0.2) is 48.7 Å². The number of ketones is 1. The quantitative estimate of drug-likeness (QED) is 0.438. The van der Waals surface area contributed by atoms with Crippen LogP contribution in [0.15, 0.2) is 0 Å². The van der Waals surface area contributed by atoms with Crippen LogP contribution in [0.2, 0.25) is 0 Å². The van der Waals surface area contributed by atoms with Gasteiger partial charge in [0, 0.05) is 6.42 Å². The SMILES string of the molecule is CCC(C)=O.O=S(O)O.[NaH]. The summed E-state index contributed by atoms with van der Waals surface area (Å²) in [5.74, 6) is 0.255. The van der Waals surface area contributed by atoms with E-state index >= 15 is 0 Å². The zero-order valence-corrected chi connectivity index (χ0v) is 6.14. The van der Waals surface area contributed by atoms with Crippen molar-refractivity contribution in [3.63, 3.8) is 0 Å². The molecular weight excluding hydrogens is 167 g/mol. The number of rotatable bonds is 1. The average molecular weight is 178 g/mol. The Labute approximate surface area is 84.8 Å². The second kappa shape index (κ2) is 12.4. The predicted molar refractivity (Wildman–Crippen MR) is 41.5 cm³/mol. The Kier molecular flexibility index (Phi) is 21.1. The van der Waals surface area contributed by atoms with Gasteiger partial charge in [0.15, 0.2) is 0 Å². The Morgan fingerprint density at radius 2 is 1.60 bits per heavy atom. The summed E-state index contributed by atoms with van der Waals surface area (Å²) in [5.41, 5.74) is 0. The molecule has 10 heavy (non-hydrogen) atoms. The van der Waals surface area contributed by atoms with Crippen LogP contribution in [0, 0.1) is 0 Å². The van der Waals surface area contributed by atoms with Crippen molar-refractivity contribution in [3.8, 4) is 0 Å². The fraction of sp³-hybridized carbons (Fsp3) is 0.750. The van der Waals surface area contributed by atoms with Gasteiger partial charge in [0.25, 0.3) is 11.4 Å². The van der Waals surface area contributed by atoms with Crippen molar-refractivity contribution in [2.24, 2.45) is 0 Å². The zero-order chi connectivity index (χ0) is 7.86. The summed E-state index contributed by atoms with van der Waals surface area (Å²) in [6.45, 7) is 3.43. The molecule has 0 spiro atoms. The number of hydrogen-bond acceptors (Lipinski definition) is 2. The maximum atomic E-state index is 9.81. The summed E-state index contributed by atoms with van der Waals surface area (Å²) in [4.78, 5) is 9.81. The Balaban J connectivity index is -0.0000000910. The Bertz CT molecular complexity index is 101. The number of carbonyl (C=O) groups is 1. The summed E-state index contributed by atoms with van der Waals surface area (Å²) in [6, 6.07) is 0. The van der Waals surface area contributed by atoms with Crippen LogP contribution in [0.25, 0.3) is 0 Å². The summed E-state index contributed by atoms with van der Waals surface area (Å²) < 4.78 is 22.8. The standard InChI is InChI=1S/C4H8O.Na.H2O3S.H/c1-3-4(2)5;;1-4(2)3;/h3H2,1-2H3;;(H2,1,2,3);. The second-order valence-electron chi connectivity index (χ2n) is 1.29. The molecule has 0 aromatic carbocycles.